The van der Waals surface area contributed by atoms with Gasteiger partial charge in [0.15, 0.2) is 5.96 Å². The van der Waals surface area contributed by atoms with Crippen LogP contribution >= 0.6 is 0 Å². The van der Waals surface area contributed by atoms with E-state index in [9.17, 15) is 4.79 Å². The van der Waals surface area contributed by atoms with Crippen molar-refractivity contribution in [1.29, 1.82) is 0 Å². The second-order valence-corrected chi connectivity index (χ2v) is 7.81. The van der Waals surface area contributed by atoms with Crippen LogP contribution in [0.2, 0.25) is 0 Å². The fraction of sp³-hybridized carbons (Fsp3) is 0.259. The van der Waals surface area contributed by atoms with Crippen molar-refractivity contribution in [2.75, 3.05) is 5.32 Å². The van der Waals surface area contributed by atoms with Gasteiger partial charge in [-0.05, 0) is 67.1 Å². The maximum Gasteiger partial charge on any atom is 0.255 e. The minimum Gasteiger partial charge on any atom is -0.370 e. The normalized spacial score (nSPS) is 11.0. The molecule has 3 aromatic rings. The lowest BCUT2D eigenvalue weighted by Crippen LogP contribution is -2.21. The fourth-order valence-corrected chi connectivity index (χ4v) is 3.02. The first kappa shape index (κ1) is 24.7. The van der Waals surface area contributed by atoms with Gasteiger partial charge in [0.25, 0.3) is 5.91 Å². The summed E-state index contributed by atoms with van der Waals surface area (Å²) in [6.07, 6.45) is 2.23. The summed E-state index contributed by atoms with van der Waals surface area (Å²) >= 11 is 0. The lowest BCUT2D eigenvalue weighted by atomic mass is 9.98. The highest BCUT2D eigenvalue weighted by Gasteiger charge is 2.08. The number of benzene rings is 3. The molecule has 3 rings (SSSR count). The van der Waals surface area contributed by atoms with Crippen molar-refractivity contribution in [2.45, 2.75) is 46.5 Å². The van der Waals surface area contributed by atoms with Gasteiger partial charge in [0.1, 0.15) is 0 Å². The Morgan fingerprint density at radius 2 is 1.62 bits per heavy atom. The molecule has 1 atom stereocenters. The van der Waals surface area contributed by atoms with Gasteiger partial charge in [-0.15, -0.1) is 0 Å². The molecule has 1 unspecified atom stereocenters. The Balaban J connectivity index is 0.000000336. The van der Waals surface area contributed by atoms with Gasteiger partial charge < -0.3 is 16.8 Å². The van der Waals surface area contributed by atoms with Crippen molar-refractivity contribution in [2.24, 2.45) is 16.5 Å². The highest BCUT2D eigenvalue weighted by atomic mass is 16.1. The van der Waals surface area contributed by atoms with E-state index < -0.39 is 0 Å². The number of rotatable bonds is 6. The van der Waals surface area contributed by atoms with Crippen molar-refractivity contribution in [3.8, 4) is 0 Å². The molecule has 0 fully saturated rings. The minimum atomic E-state index is -0.200. The van der Waals surface area contributed by atoms with Crippen LogP contribution in [-0.2, 0) is 6.42 Å². The number of anilines is 1. The Morgan fingerprint density at radius 3 is 2.19 bits per heavy atom. The van der Waals surface area contributed by atoms with Crippen LogP contribution in [-0.4, -0.2) is 11.9 Å². The Hall–Kier alpha value is -3.60. The second-order valence-electron chi connectivity index (χ2n) is 7.81. The number of amides is 1. The van der Waals surface area contributed by atoms with Crippen molar-refractivity contribution in [1.82, 2.24) is 0 Å². The van der Waals surface area contributed by atoms with E-state index in [1.54, 1.807) is 24.3 Å². The van der Waals surface area contributed by atoms with E-state index in [0.717, 1.165) is 18.5 Å². The SMILES string of the molecule is CCC(C)c1ccc(NC(=O)c2cccc(N=C(N)N)c2)cc1.CCc1ccc(C)cc1. The Morgan fingerprint density at radius 1 is 0.969 bits per heavy atom. The molecule has 0 saturated heterocycles. The molecule has 32 heavy (non-hydrogen) atoms. The summed E-state index contributed by atoms with van der Waals surface area (Å²) in [6, 6.07) is 23.4. The molecule has 0 spiro atoms. The zero-order valence-corrected chi connectivity index (χ0v) is 19.4. The number of nitrogens with two attached hydrogens (primary N) is 2. The van der Waals surface area contributed by atoms with Crippen molar-refractivity contribution in [3.63, 3.8) is 0 Å². The molecule has 168 valence electrons. The van der Waals surface area contributed by atoms with Crippen LogP contribution in [0.25, 0.3) is 0 Å². The molecule has 0 radical (unpaired) electrons. The Bertz CT molecular complexity index is 1020. The first-order chi connectivity index (χ1) is 15.3. The van der Waals surface area contributed by atoms with E-state index in [0.29, 0.717) is 17.2 Å². The van der Waals surface area contributed by atoms with Gasteiger partial charge in [-0.2, -0.15) is 0 Å². The van der Waals surface area contributed by atoms with Gasteiger partial charge in [0.2, 0.25) is 0 Å². The standard InChI is InChI=1S/C18H22N4O.C9H12/c1-3-12(2)13-7-9-15(10-8-13)21-17(23)14-5-4-6-16(11-14)22-18(19)20;1-3-9-6-4-8(2)5-7-9/h4-12H,3H2,1-2H3,(H,21,23)(H4,19,20,22);4-7H,3H2,1-2H3. The van der Waals surface area contributed by atoms with Crippen LogP contribution < -0.4 is 16.8 Å². The van der Waals surface area contributed by atoms with E-state index in [1.165, 1.54) is 16.7 Å². The summed E-state index contributed by atoms with van der Waals surface area (Å²) in [4.78, 5) is 16.2. The summed E-state index contributed by atoms with van der Waals surface area (Å²) in [7, 11) is 0. The average molecular weight is 431 g/mol. The maximum absolute atomic E-state index is 12.3. The van der Waals surface area contributed by atoms with Crippen LogP contribution in [0.15, 0.2) is 77.8 Å². The fourth-order valence-electron chi connectivity index (χ4n) is 3.02. The quantitative estimate of drug-likeness (QED) is 0.335. The Labute approximate surface area is 191 Å². The monoisotopic (exact) mass is 430 g/mol. The smallest absolute Gasteiger partial charge is 0.255 e. The molecule has 0 bridgehead atoms. The van der Waals surface area contributed by atoms with Crippen LogP contribution in [0.4, 0.5) is 11.4 Å². The molecule has 1 amide bonds. The van der Waals surface area contributed by atoms with Crippen LogP contribution in [0.1, 0.15) is 60.2 Å². The summed E-state index contributed by atoms with van der Waals surface area (Å²) in [6.45, 7) is 8.62. The van der Waals surface area contributed by atoms with Gasteiger partial charge in [0.05, 0.1) is 5.69 Å². The van der Waals surface area contributed by atoms with Crippen LogP contribution in [0.5, 0.6) is 0 Å². The van der Waals surface area contributed by atoms with E-state index in [1.807, 2.05) is 24.3 Å². The molecule has 5 nitrogen and oxygen atoms in total. The first-order valence-corrected chi connectivity index (χ1v) is 11.0. The largest absolute Gasteiger partial charge is 0.370 e. The zero-order valence-electron chi connectivity index (χ0n) is 19.4. The molecule has 0 saturated carbocycles. The van der Waals surface area contributed by atoms with Gasteiger partial charge in [0, 0.05) is 11.3 Å². The van der Waals surface area contributed by atoms with Crippen molar-refractivity contribution < 1.29 is 4.79 Å². The third-order valence-electron chi connectivity index (χ3n) is 5.25. The highest BCUT2D eigenvalue weighted by molar-refractivity contribution is 6.04. The summed E-state index contributed by atoms with van der Waals surface area (Å²) in [5.41, 5.74) is 16.5. The number of hydrogen-bond acceptors (Lipinski definition) is 2. The molecular formula is C27H34N4O. The number of hydrogen-bond donors (Lipinski definition) is 3. The van der Waals surface area contributed by atoms with Gasteiger partial charge in [-0.25, -0.2) is 4.99 Å². The van der Waals surface area contributed by atoms with Gasteiger partial charge in [-0.1, -0.05) is 68.8 Å². The Kier molecular flexibility index (Phi) is 9.48. The number of nitrogens with one attached hydrogen (secondary N) is 1. The zero-order chi connectivity index (χ0) is 23.5. The summed E-state index contributed by atoms with van der Waals surface area (Å²) < 4.78 is 0. The number of guanidine groups is 1. The first-order valence-electron chi connectivity index (χ1n) is 11.0. The molecule has 0 aromatic heterocycles. The van der Waals surface area contributed by atoms with Gasteiger partial charge in [-0.3, -0.25) is 4.79 Å². The number of carbonyl (C=O) groups is 1. The summed E-state index contributed by atoms with van der Waals surface area (Å²) in [5.74, 6) is 0.271. The molecular weight excluding hydrogens is 396 g/mol. The molecule has 0 aliphatic rings. The molecule has 0 aliphatic heterocycles. The molecule has 0 heterocycles. The van der Waals surface area contributed by atoms with E-state index >= 15 is 0 Å². The predicted molar refractivity (Wildman–Crippen MR) is 136 cm³/mol. The van der Waals surface area contributed by atoms with Crippen LogP contribution in [0.3, 0.4) is 0 Å². The maximum atomic E-state index is 12.3. The number of aryl methyl sites for hydroxylation is 2. The molecule has 5 N–H and O–H groups in total. The second kappa shape index (κ2) is 12.3. The molecule has 3 aromatic carbocycles. The molecule has 5 heteroatoms. The van der Waals surface area contributed by atoms with E-state index in [4.69, 9.17) is 11.5 Å². The lowest BCUT2D eigenvalue weighted by molar-refractivity contribution is 0.102. The molecule has 0 aliphatic carbocycles. The van der Waals surface area contributed by atoms with Crippen LogP contribution in [0, 0.1) is 6.92 Å². The minimum absolute atomic E-state index is 0.0387. The van der Waals surface area contributed by atoms with Crippen molar-refractivity contribution >= 4 is 23.2 Å². The number of carbonyl (C=O) groups excluding carboxylic acids is 1. The van der Waals surface area contributed by atoms with Crippen molar-refractivity contribution in [3.05, 3.63) is 95.1 Å². The third-order valence-corrected chi connectivity index (χ3v) is 5.25. The summed E-state index contributed by atoms with van der Waals surface area (Å²) in [5, 5.41) is 2.87. The van der Waals surface area contributed by atoms with E-state index in [2.05, 4.69) is 62.3 Å². The predicted octanol–water partition coefficient (Wildman–Crippen LogP) is 5.91. The average Bonchev–Trinajstić information content (AvgIpc) is 2.80. The highest BCUT2D eigenvalue weighted by Crippen LogP contribution is 2.21. The number of nitrogens with zero attached hydrogens (tertiary/aromatic N) is 1. The lowest BCUT2D eigenvalue weighted by Gasteiger charge is -2.10. The van der Waals surface area contributed by atoms with Gasteiger partial charge >= 0.3 is 0 Å². The van der Waals surface area contributed by atoms with E-state index in [-0.39, 0.29) is 11.9 Å². The third kappa shape index (κ3) is 7.91. The topological polar surface area (TPSA) is 93.5 Å². The number of aliphatic imine (C=N–C) groups is 1.